The number of carbonyl (C=O) groups is 1. The van der Waals surface area contributed by atoms with E-state index in [1.165, 1.54) is 12.1 Å². The van der Waals surface area contributed by atoms with Crippen LogP contribution in [0.1, 0.15) is 16.7 Å². The summed E-state index contributed by atoms with van der Waals surface area (Å²) in [4.78, 5) is 12.9. The lowest BCUT2D eigenvalue weighted by Gasteiger charge is -2.23. The van der Waals surface area contributed by atoms with Gasteiger partial charge in [-0.15, -0.1) is 0 Å². The monoisotopic (exact) mass is 506 g/mol. The molecule has 0 spiro atoms. The zero-order chi connectivity index (χ0) is 24.0. The van der Waals surface area contributed by atoms with Crippen molar-refractivity contribution in [3.63, 3.8) is 0 Å². The van der Waals surface area contributed by atoms with Crippen LogP contribution in [0.5, 0.6) is 5.75 Å². The Morgan fingerprint density at radius 1 is 0.970 bits per heavy atom. The van der Waals surface area contributed by atoms with E-state index in [1.807, 2.05) is 25.1 Å². The number of sulfonamides is 1. The van der Waals surface area contributed by atoms with E-state index in [0.717, 1.165) is 15.4 Å². The molecule has 0 saturated heterocycles. The molecule has 0 heterocycles. The standard InChI is InChI=1S/C24H24Cl2N2O4S/c1-17-10-12-19(13-11-17)33(30,31)28(15-20-21(25)7-5-8-22(20)26)16-24(29)27-14-18-6-3-4-9-23(18)32-2/h3-13H,14-16H2,1-2H3,(H,27,29). The molecule has 0 fully saturated rings. The molecule has 3 aromatic carbocycles. The summed E-state index contributed by atoms with van der Waals surface area (Å²) in [5.41, 5.74) is 2.12. The Morgan fingerprint density at radius 2 is 1.61 bits per heavy atom. The van der Waals surface area contributed by atoms with Crippen LogP contribution in [0.25, 0.3) is 0 Å². The molecule has 1 amide bonds. The third-order valence-electron chi connectivity index (χ3n) is 5.04. The van der Waals surface area contributed by atoms with E-state index in [9.17, 15) is 13.2 Å². The van der Waals surface area contributed by atoms with Crippen LogP contribution in [-0.4, -0.2) is 32.3 Å². The normalized spacial score (nSPS) is 11.4. The zero-order valence-electron chi connectivity index (χ0n) is 18.2. The van der Waals surface area contributed by atoms with Gasteiger partial charge >= 0.3 is 0 Å². The second-order valence-electron chi connectivity index (χ2n) is 7.37. The highest BCUT2D eigenvalue weighted by atomic mass is 35.5. The quantitative estimate of drug-likeness (QED) is 0.451. The first kappa shape index (κ1) is 25.1. The first-order valence-corrected chi connectivity index (χ1v) is 12.3. The van der Waals surface area contributed by atoms with Crippen molar-refractivity contribution in [2.75, 3.05) is 13.7 Å². The number of hydrogen-bond acceptors (Lipinski definition) is 4. The molecule has 0 aromatic heterocycles. The zero-order valence-corrected chi connectivity index (χ0v) is 20.5. The maximum Gasteiger partial charge on any atom is 0.243 e. The molecule has 0 aliphatic rings. The van der Waals surface area contributed by atoms with E-state index in [1.54, 1.807) is 43.5 Å². The van der Waals surface area contributed by atoms with Crippen molar-refractivity contribution in [2.45, 2.75) is 24.9 Å². The van der Waals surface area contributed by atoms with Gasteiger partial charge in [0.1, 0.15) is 5.75 Å². The summed E-state index contributed by atoms with van der Waals surface area (Å²) in [6, 6.07) is 18.6. The van der Waals surface area contributed by atoms with Crippen LogP contribution in [0.4, 0.5) is 0 Å². The van der Waals surface area contributed by atoms with Gasteiger partial charge in [0.05, 0.1) is 18.6 Å². The summed E-state index contributed by atoms with van der Waals surface area (Å²) in [5, 5.41) is 3.40. The van der Waals surface area contributed by atoms with Gasteiger partial charge in [0.15, 0.2) is 0 Å². The fourth-order valence-corrected chi connectivity index (χ4v) is 5.09. The van der Waals surface area contributed by atoms with Gasteiger partial charge < -0.3 is 10.1 Å². The highest BCUT2D eigenvalue weighted by molar-refractivity contribution is 7.89. The van der Waals surface area contributed by atoms with E-state index in [0.29, 0.717) is 21.4 Å². The second-order valence-corrected chi connectivity index (χ2v) is 10.1. The molecule has 0 saturated carbocycles. The van der Waals surface area contributed by atoms with E-state index in [-0.39, 0.29) is 18.0 Å². The lowest BCUT2D eigenvalue weighted by Crippen LogP contribution is -2.40. The number of nitrogens with one attached hydrogen (secondary N) is 1. The molecule has 0 unspecified atom stereocenters. The van der Waals surface area contributed by atoms with Gasteiger partial charge in [-0.2, -0.15) is 4.31 Å². The summed E-state index contributed by atoms with van der Waals surface area (Å²) < 4.78 is 33.2. The Kier molecular flexibility index (Phi) is 8.37. The second kappa shape index (κ2) is 11.0. The van der Waals surface area contributed by atoms with Gasteiger partial charge in [0, 0.05) is 34.3 Å². The number of rotatable bonds is 9. The largest absolute Gasteiger partial charge is 0.496 e. The number of nitrogens with zero attached hydrogens (tertiary/aromatic N) is 1. The molecule has 0 bridgehead atoms. The Bertz CT molecular complexity index is 1210. The van der Waals surface area contributed by atoms with Crippen LogP contribution in [0, 0.1) is 6.92 Å². The average molecular weight is 507 g/mol. The summed E-state index contributed by atoms with van der Waals surface area (Å²) in [6.07, 6.45) is 0. The molecular weight excluding hydrogens is 483 g/mol. The van der Waals surface area contributed by atoms with Crippen LogP contribution in [-0.2, 0) is 27.9 Å². The lowest BCUT2D eigenvalue weighted by molar-refractivity contribution is -0.121. The van der Waals surface area contributed by atoms with Gasteiger partial charge in [-0.05, 0) is 37.3 Å². The summed E-state index contributed by atoms with van der Waals surface area (Å²) >= 11 is 12.6. The van der Waals surface area contributed by atoms with Crippen LogP contribution in [0.2, 0.25) is 10.0 Å². The van der Waals surface area contributed by atoms with Crippen molar-refractivity contribution < 1.29 is 17.9 Å². The predicted molar refractivity (Wildman–Crippen MR) is 130 cm³/mol. The number of para-hydroxylation sites is 1. The van der Waals surface area contributed by atoms with Crippen molar-refractivity contribution in [1.29, 1.82) is 0 Å². The molecule has 33 heavy (non-hydrogen) atoms. The fraction of sp³-hybridized carbons (Fsp3) is 0.208. The summed E-state index contributed by atoms with van der Waals surface area (Å²) in [6.45, 7) is 1.49. The van der Waals surface area contributed by atoms with E-state index < -0.39 is 22.5 Å². The maximum absolute atomic E-state index is 13.4. The van der Waals surface area contributed by atoms with Crippen molar-refractivity contribution in [1.82, 2.24) is 9.62 Å². The topological polar surface area (TPSA) is 75.7 Å². The molecule has 0 aliphatic carbocycles. The Balaban J connectivity index is 1.86. The van der Waals surface area contributed by atoms with Crippen molar-refractivity contribution in [3.05, 3.63) is 93.5 Å². The van der Waals surface area contributed by atoms with Gasteiger partial charge in [0.2, 0.25) is 15.9 Å². The van der Waals surface area contributed by atoms with Gasteiger partial charge in [-0.3, -0.25) is 4.79 Å². The molecule has 0 radical (unpaired) electrons. The van der Waals surface area contributed by atoms with Crippen LogP contribution < -0.4 is 10.1 Å². The number of carbonyl (C=O) groups excluding carboxylic acids is 1. The van der Waals surface area contributed by atoms with Crippen LogP contribution in [0.15, 0.2) is 71.6 Å². The summed E-state index contributed by atoms with van der Waals surface area (Å²) in [5.74, 6) is 0.157. The van der Waals surface area contributed by atoms with Crippen molar-refractivity contribution >= 4 is 39.1 Å². The minimum absolute atomic E-state index is 0.0776. The van der Waals surface area contributed by atoms with Gasteiger partial charge in [0.25, 0.3) is 0 Å². The molecular formula is C24H24Cl2N2O4S. The number of hydrogen-bond donors (Lipinski definition) is 1. The minimum atomic E-state index is -4.01. The minimum Gasteiger partial charge on any atom is -0.496 e. The number of halogens is 2. The molecule has 3 rings (SSSR count). The molecule has 0 atom stereocenters. The lowest BCUT2D eigenvalue weighted by atomic mass is 10.2. The van der Waals surface area contributed by atoms with E-state index >= 15 is 0 Å². The highest BCUT2D eigenvalue weighted by Gasteiger charge is 2.28. The summed E-state index contributed by atoms with van der Waals surface area (Å²) in [7, 11) is -2.46. The van der Waals surface area contributed by atoms with Crippen molar-refractivity contribution in [3.8, 4) is 5.75 Å². The molecule has 1 N–H and O–H groups in total. The number of aryl methyl sites for hydroxylation is 1. The highest BCUT2D eigenvalue weighted by Crippen LogP contribution is 2.28. The van der Waals surface area contributed by atoms with Crippen LogP contribution in [0.3, 0.4) is 0 Å². The third-order valence-corrected chi connectivity index (χ3v) is 7.56. The molecule has 0 aliphatic heterocycles. The molecule has 6 nitrogen and oxygen atoms in total. The fourth-order valence-electron chi connectivity index (χ4n) is 3.20. The first-order valence-electron chi connectivity index (χ1n) is 10.1. The first-order chi connectivity index (χ1) is 15.7. The SMILES string of the molecule is COc1ccccc1CNC(=O)CN(Cc1c(Cl)cccc1Cl)S(=O)(=O)c1ccc(C)cc1. The Morgan fingerprint density at radius 3 is 2.24 bits per heavy atom. The van der Waals surface area contributed by atoms with E-state index in [4.69, 9.17) is 27.9 Å². The maximum atomic E-state index is 13.4. The number of ether oxygens (including phenoxy) is 1. The molecule has 3 aromatic rings. The Labute approximate surface area is 204 Å². The smallest absolute Gasteiger partial charge is 0.243 e. The molecule has 9 heteroatoms. The van der Waals surface area contributed by atoms with Gasteiger partial charge in [-0.25, -0.2) is 8.42 Å². The average Bonchev–Trinajstić information content (AvgIpc) is 2.79. The van der Waals surface area contributed by atoms with Crippen molar-refractivity contribution in [2.24, 2.45) is 0 Å². The van der Waals surface area contributed by atoms with Crippen LogP contribution >= 0.6 is 23.2 Å². The van der Waals surface area contributed by atoms with Gasteiger partial charge in [-0.1, -0.05) is 65.2 Å². The van der Waals surface area contributed by atoms with E-state index in [2.05, 4.69) is 5.32 Å². The third kappa shape index (κ3) is 6.26. The number of benzene rings is 3. The predicted octanol–water partition coefficient (Wildman–Crippen LogP) is 4.82. The number of amides is 1. The Hall–Kier alpha value is -2.58. The molecule has 174 valence electrons. The number of methoxy groups -OCH3 is 1.